The summed E-state index contributed by atoms with van der Waals surface area (Å²) in [6.45, 7) is 10.3. The Balaban J connectivity index is 2.51. The van der Waals surface area contributed by atoms with Crippen LogP contribution in [0.15, 0.2) is 27.3 Å². The highest BCUT2D eigenvalue weighted by molar-refractivity contribution is 9.10. The van der Waals surface area contributed by atoms with Crippen molar-refractivity contribution in [3.63, 3.8) is 0 Å². The van der Waals surface area contributed by atoms with Crippen LogP contribution in [0, 0.1) is 17.0 Å². The van der Waals surface area contributed by atoms with E-state index in [1.54, 1.807) is 12.3 Å². The zero-order chi connectivity index (χ0) is 17.2. The van der Waals surface area contributed by atoms with Crippen molar-refractivity contribution in [2.24, 2.45) is 0 Å². The monoisotopic (exact) mass is 377 g/mol. The van der Waals surface area contributed by atoms with Gasteiger partial charge in [0.25, 0.3) is 5.69 Å². The van der Waals surface area contributed by atoms with Gasteiger partial charge in [0.2, 0.25) is 0 Å². The molecule has 0 fully saturated rings. The van der Waals surface area contributed by atoms with Gasteiger partial charge in [0.15, 0.2) is 0 Å². The van der Waals surface area contributed by atoms with Gasteiger partial charge in [-0.05, 0) is 57.8 Å². The maximum Gasteiger partial charge on any atom is 0.277 e. The summed E-state index contributed by atoms with van der Waals surface area (Å²) in [5.74, 6) is 0.654. The summed E-state index contributed by atoms with van der Waals surface area (Å²) in [6.07, 6.45) is 2.46. The number of benzene rings is 1. The lowest BCUT2D eigenvalue weighted by molar-refractivity contribution is -0.386. The van der Waals surface area contributed by atoms with Crippen molar-refractivity contribution in [2.75, 3.05) is 0 Å². The Labute approximate surface area is 144 Å². The van der Waals surface area contributed by atoms with Gasteiger partial charge in [0.1, 0.15) is 5.76 Å². The third-order valence-electron chi connectivity index (χ3n) is 4.84. The van der Waals surface area contributed by atoms with Gasteiger partial charge in [-0.1, -0.05) is 27.7 Å². The Kier molecular flexibility index (Phi) is 3.49. The van der Waals surface area contributed by atoms with Gasteiger partial charge in [0, 0.05) is 21.2 Å². The SMILES string of the molecule is Cc1c(-c2ccco2)c(Br)c2c(c1[N+](=O)[O-])C(C)(C)CC2(C)C. The lowest BCUT2D eigenvalue weighted by atomic mass is 9.81. The number of furan rings is 1. The third kappa shape index (κ3) is 2.24. The van der Waals surface area contributed by atoms with E-state index in [4.69, 9.17) is 4.42 Å². The van der Waals surface area contributed by atoms with Crippen LogP contribution >= 0.6 is 15.9 Å². The third-order valence-corrected chi connectivity index (χ3v) is 5.64. The molecule has 0 saturated heterocycles. The van der Waals surface area contributed by atoms with Gasteiger partial charge in [-0.15, -0.1) is 0 Å². The van der Waals surface area contributed by atoms with Crippen LogP contribution in [-0.2, 0) is 10.8 Å². The number of nitro groups is 1. The maximum atomic E-state index is 11.9. The summed E-state index contributed by atoms with van der Waals surface area (Å²) in [6, 6.07) is 3.64. The first-order chi connectivity index (χ1) is 10.6. The molecule has 1 aliphatic carbocycles. The van der Waals surface area contributed by atoms with Crippen LogP contribution in [-0.4, -0.2) is 4.92 Å². The van der Waals surface area contributed by atoms with Crippen molar-refractivity contribution < 1.29 is 9.34 Å². The standard InChI is InChI=1S/C18H20BrNO3/c1-10-12(11-7-6-8-23-11)15(19)13-14(16(10)20(21)22)18(4,5)9-17(13,2)3/h6-8H,9H2,1-5H3. The second-order valence-electron chi connectivity index (χ2n) is 7.59. The van der Waals surface area contributed by atoms with Crippen molar-refractivity contribution in [3.05, 3.63) is 49.7 Å². The van der Waals surface area contributed by atoms with Gasteiger partial charge in [-0.2, -0.15) is 0 Å². The van der Waals surface area contributed by atoms with Gasteiger partial charge < -0.3 is 4.42 Å². The highest BCUT2D eigenvalue weighted by Crippen LogP contribution is 2.58. The molecule has 0 N–H and O–H groups in total. The Bertz CT molecular complexity index is 804. The maximum absolute atomic E-state index is 11.9. The second kappa shape index (κ2) is 4.94. The number of hydrogen-bond acceptors (Lipinski definition) is 3. The minimum absolute atomic E-state index is 0.141. The molecule has 122 valence electrons. The largest absolute Gasteiger partial charge is 0.464 e. The Hall–Kier alpha value is -1.62. The molecule has 23 heavy (non-hydrogen) atoms. The van der Waals surface area contributed by atoms with Crippen LogP contribution in [0.4, 0.5) is 5.69 Å². The molecule has 0 amide bonds. The molecular formula is C18H20BrNO3. The predicted octanol–water partition coefficient (Wildman–Crippen LogP) is 5.88. The lowest BCUT2D eigenvalue weighted by Crippen LogP contribution is -2.18. The molecule has 0 spiro atoms. The molecule has 1 heterocycles. The molecule has 0 bridgehead atoms. The Morgan fingerprint density at radius 3 is 2.35 bits per heavy atom. The molecule has 0 saturated carbocycles. The molecule has 4 nitrogen and oxygen atoms in total. The van der Waals surface area contributed by atoms with Gasteiger partial charge >= 0.3 is 0 Å². The van der Waals surface area contributed by atoms with Crippen molar-refractivity contribution in [3.8, 4) is 11.3 Å². The molecule has 0 unspecified atom stereocenters. The van der Waals surface area contributed by atoms with Gasteiger partial charge in [0.05, 0.1) is 11.2 Å². The molecule has 0 atom stereocenters. The number of fused-ring (bicyclic) bond motifs is 1. The van der Waals surface area contributed by atoms with Gasteiger partial charge in [-0.25, -0.2) is 0 Å². The molecule has 0 aliphatic heterocycles. The summed E-state index contributed by atoms with van der Waals surface area (Å²) >= 11 is 3.73. The predicted molar refractivity (Wildman–Crippen MR) is 93.9 cm³/mol. The van der Waals surface area contributed by atoms with E-state index in [-0.39, 0.29) is 21.4 Å². The van der Waals surface area contributed by atoms with Crippen LogP contribution in [0.2, 0.25) is 0 Å². The molecule has 3 rings (SSSR count). The highest BCUT2D eigenvalue weighted by atomic mass is 79.9. The Morgan fingerprint density at radius 1 is 1.22 bits per heavy atom. The molecule has 2 aromatic rings. The van der Waals surface area contributed by atoms with E-state index in [0.717, 1.165) is 27.6 Å². The lowest BCUT2D eigenvalue weighted by Gasteiger charge is -2.23. The van der Waals surface area contributed by atoms with Gasteiger partial charge in [-0.3, -0.25) is 10.1 Å². The fraction of sp³-hybridized carbons (Fsp3) is 0.444. The number of nitrogens with zero attached hydrogens (tertiary/aromatic N) is 1. The van der Waals surface area contributed by atoms with Crippen molar-refractivity contribution >= 4 is 21.6 Å². The van der Waals surface area contributed by atoms with Crippen LogP contribution < -0.4 is 0 Å². The topological polar surface area (TPSA) is 56.3 Å². The zero-order valence-corrected chi connectivity index (χ0v) is 15.6. The van der Waals surface area contributed by atoms with E-state index >= 15 is 0 Å². The first-order valence-electron chi connectivity index (χ1n) is 7.63. The quantitative estimate of drug-likeness (QED) is 0.484. The first-order valence-corrected chi connectivity index (χ1v) is 8.42. The average Bonchev–Trinajstić information content (AvgIpc) is 2.94. The molecule has 5 heteroatoms. The number of nitro benzene ring substituents is 1. The first kappa shape index (κ1) is 16.2. The number of rotatable bonds is 2. The minimum atomic E-state index is -0.240. The Morgan fingerprint density at radius 2 is 1.83 bits per heavy atom. The summed E-state index contributed by atoms with van der Waals surface area (Å²) in [5.41, 5.74) is 3.17. The van der Waals surface area contributed by atoms with Crippen LogP contribution in [0.3, 0.4) is 0 Å². The van der Waals surface area contributed by atoms with Crippen molar-refractivity contribution in [2.45, 2.75) is 51.9 Å². The van der Waals surface area contributed by atoms with Crippen molar-refractivity contribution in [1.29, 1.82) is 0 Å². The van der Waals surface area contributed by atoms with E-state index < -0.39 is 0 Å². The van der Waals surface area contributed by atoms with Crippen LogP contribution in [0.25, 0.3) is 11.3 Å². The normalized spacial score (nSPS) is 18.0. The molecule has 1 aromatic heterocycles. The fourth-order valence-corrected chi connectivity index (χ4v) is 5.57. The summed E-state index contributed by atoms with van der Waals surface area (Å²) in [5, 5.41) is 11.9. The molecule has 1 aromatic carbocycles. The van der Waals surface area contributed by atoms with Crippen molar-refractivity contribution in [1.82, 2.24) is 0 Å². The van der Waals surface area contributed by atoms with E-state index in [1.165, 1.54) is 0 Å². The number of hydrogen-bond donors (Lipinski definition) is 0. The number of halogens is 1. The van der Waals surface area contributed by atoms with E-state index in [0.29, 0.717) is 11.3 Å². The summed E-state index contributed by atoms with van der Waals surface area (Å²) < 4.78 is 6.46. The average molecular weight is 378 g/mol. The highest BCUT2D eigenvalue weighted by Gasteiger charge is 2.49. The van der Waals surface area contributed by atoms with E-state index in [2.05, 4.69) is 43.6 Å². The van der Waals surface area contributed by atoms with E-state index in [1.807, 2.05) is 13.0 Å². The minimum Gasteiger partial charge on any atom is -0.464 e. The smallest absolute Gasteiger partial charge is 0.277 e. The molecule has 0 radical (unpaired) electrons. The summed E-state index contributed by atoms with van der Waals surface area (Å²) in [7, 11) is 0. The van der Waals surface area contributed by atoms with E-state index in [9.17, 15) is 10.1 Å². The fourth-order valence-electron chi connectivity index (χ4n) is 4.34. The van der Waals surface area contributed by atoms with Crippen LogP contribution in [0.5, 0.6) is 0 Å². The summed E-state index contributed by atoms with van der Waals surface area (Å²) in [4.78, 5) is 11.6. The second-order valence-corrected chi connectivity index (χ2v) is 8.38. The van der Waals surface area contributed by atoms with Crippen LogP contribution in [0.1, 0.15) is 50.8 Å². The molecular weight excluding hydrogens is 358 g/mol. The zero-order valence-electron chi connectivity index (χ0n) is 14.0. The molecule has 1 aliphatic rings.